The molecule has 0 aliphatic carbocycles. The summed E-state index contributed by atoms with van der Waals surface area (Å²) in [4.78, 5) is 2.15. The van der Waals surface area contributed by atoms with Crippen molar-refractivity contribution >= 4 is 5.69 Å². The number of hydrogen-bond donors (Lipinski definition) is 1. The Morgan fingerprint density at radius 2 is 1.84 bits per heavy atom. The van der Waals surface area contributed by atoms with Crippen LogP contribution in [0.1, 0.15) is 25.3 Å². The molecule has 2 N–H and O–H groups in total. The molecule has 1 fully saturated rings. The minimum atomic E-state index is -4.27. The van der Waals surface area contributed by atoms with E-state index in [2.05, 4.69) is 11.8 Å². The average Bonchev–Trinajstić information content (AvgIpc) is 2.38. The van der Waals surface area contributed by atoms with Crippen molar-refractivity contribution in [1.82, 2.24) is 0 Å². The lowest BCUT2D eigenvalue weighted by atomic mass is 9.93. The van der Waals surface area contributed by atoms with Crippen LogP contribution >= 0.6 is 0 Å². The standard InChI is InChI=1S/C14H19F3N2/c1-10-2-3-11(8-18)9-19(10)13-6-4-12(5-7-13)14(15,16)17/h4-7,10-11H,2-3,8-9,18H2,1H3. The summed E-state index contributed by atoms with van der Waals surface area (Å²) in [6.07, 6.45) is -2.15. The zero-order valence-electron chi connectivity index (χ0n) is 11.0. The van der Waals surface area contributed by atoms with Crippen LogP contribution in [0.3, 0.4) is 0 Å². The van der Waals surface area contributed by atoms with Gasteiger partial charge in [-0.05, 0) is 56.5 Å². The van der Waals surface area contributed by atoms with Crippen LogP contribution in [0.2, 0.25) is 0 Å². The summed E-state index contributed by atoms with van der Waals surface area (Å²) >= 11 is 0. The van der Waals surface area contributed by atoms with Crippen LogP contribution in [0.5, 0.6) is 0 Å². The highest BCUT2D eigenvalue weighted by Crippen LogP contribution is 2.32. The van der Waals surface area contributed by atoms with E-state index in [1.807, 2.05) is 0 Å². The second-order valence-corrected chi connectivity index (χ2v) is 5.23. The Morgan fingerprint density at radius 1 is 1.21 bits per heavy atom. The molecule has 106 valence electrons. The van der Waals surface area contributed by atoms with Gasteiger partial charge in [-0.2, -0.15) is 13.2 Å². The average molecular weight is 272 g/mol. The highest BCUT2D eigenvalue weighted by molar-refractivity contribution is 5.49. The van der Waals surface area contributed by atoms with E-state index in [1.165, 1.54) is 0 Å². The first-order chi connectivity index (χ1) is 8.91. The number of halogens is 3. The molecule has 0 radical (unpaired) electrons. The van der Waals surface area contributed by atoms with Crippen LogP contribution in [-0.2, 0) is 6.18 Å². The van der Waals surface area contributed by atoms with Gasteiger partial charge < -0.3 is 10.6 Å². The fourth-order valence-electron chi connectivity index (χ4n) is 2.58. The molecule has 2 nitrogen and oxygen atoms in total. The molecule has 1 saturated heterocycles. The third-order valence-corrected chi connectivity index (χ3v) is 3.84. The van der Waals surface area contributed by atoms with Gasteiger partial charge in [-0.25, -0.2) is 0 Å². The van der Waals surface area contributed by atoms with Crippen LogP contribution in [0.25, 0.3) is 0 Å². The topological polar surface area (TPSA) is 29.3 Å². The van der Waals surface area contributed by atoms with Crippen LogP contribution in [0.15, 0.2) is 24.3 Å². The monoisotopic (exact) mass is 272 g/mol. The number of benzene rings is 1. The molecule has 0 bridgehead atoms. The lowest BCUT2D eigenvalue weighted by molar-refractivity contribution is -0.137. The van der Waals surface area contributed by atoms with Crippen LogP contribution in [0, 0.1) is 5.92 Å². The first-order valence-electron chi connectivity index (χ1n) is 6.55. The van der Waals surface area contributed by atoms with Gasteiger partial charge in [-0.1, -0.05) is 0 Å². The highest BCUT2D eigenvalue weighted by atomic mass is 19.4. The molecule has 1 aromatic carbocycles. The summed E-state index contributed by atoms with van der Waals surface area (Å²) in [6, 6.07) is 5.75. The number of anilines is 1. The number of nitrogens with zero attached hydrogens (tertiary/aromatic N) is 1. The number of piperidine rings is 1. The molecule has 1 aliphatic heterocycles. The van der Waals surface area contributed by atoms with Crippen molar-refractivity contribution in [2.75, 3.05) is 18.0 Å². The Balaban J connectivity index is 2.16. The molecule has 1 heterocycles. The minimum Gasteiger partial charge on any atom is -0.369 e. The van der Waals surface area contributed by atoms with Gasteiger partial charge in [0.25, 0.3) is 0 Å². The zero-order chi connectivity index (χ0) is 14.0. The van der Waals surface area contributed by atoms with Crippen LogP contribution < -0.4 is 10.6 Å². The van der Waals surface area contributed by atoms with Gasteiger partial charge in [-0.3, -0.25) is 0 Å². The second kappa shape index (κ2) is 5.41. The van der Waals surface area contributed by atoms with Crippen LogP contribution in [-0.4, -0.2) is 19.1 Å². The summed E-state index contributed by atoms with van der Waals surface area (Å²) in [5.74, 6) is 0.429. The van der Waals surface area contributed by atoms with Crippen molar-refractivity contribution in [2.24, 2.45) is 11.7 Å². The fourth-order valence-corrected chi connectivity index (χ4v) is 2.58. The summed E-state index contributed by atoms with van der Waals surface area (Å²) in [5.41, 5.74) is 5.94. The van der Waals surface area contributed by atoms with Crippen molar-refractivity contribution in [3.63, 3.8) is 0 Å². The Kier molecular flexibility index (Phi) is 4.04. The molecule has 1 aliphatic rings. The maximum absolute atomic E-state index is 12.5. The van der Waals surface area contributed by atoms with E-state index in [1.54, 1.807) is 12.1 Å². The predicted octanol–water partition coefficient (Wildman–Crippen LogP) is 3.27. The maximum Gasteiger partial charge on any atom is 0.416 e. The van der Waals surface area contributed by atoms with Gasteiger partial charge >= 0.3 is 6.18 Å². The molecular formula is C14H19F3N2. The second-order valence-electron chi connectivity index (χ2n) is 5.23. The van der Waals surface area contributed by atoms with Gasteiger partial charge in [0.05, 0.1) is 5.56 Å². The third-order valence-electron chi connectivity index (χ3n) is 3.84. The van der Waals surface area contributed by atoms with Crippen molar-refractivity contribution < 1.29 is 13.2 Å². The molecule has 0 aromatic heterocycles. The minimum absolute atomic E-state index is 0.347. The number of hydrogen-bond acceptors (Lipinski definition) is 2. The largest absolute Gasteiger partial charge is 0.416 e. The quantitative estimate of drug-likeness (QED) is 0.895. The van der Waals surface area contributed by atoms with Crippen molar-refractivity contribution in [3.05, 3.63) is 29.8 Å². The van der Waals surface area contributed by atoms with E-state index in [9.17, 15) is 13.2 Å². The normalized spacial score (nSPS) is 24.6. The molecule has 0 saturated carbocycles. The molecule has 2 rings (SSSR count). The van der Waals surface area contributed by atoms with Crippen molar-refractivity contribution in [3.8, 4) is 0 Å². The number of alkyl halides is 3. The molecule has 2 atom stereocenters. The summed E-state index contributed by atoms with van der Waals surface area (Å²) in [5, 5.41) is 0. The summed E-state index contributed by atoms with van der Waals surface area (Å²) in [6.45, 7) is 3.55. The first-order valence-corrected chi connectivity index (χ1v) is 6.55. The van der Waals surface area contributed by atoms with E-state index in [0.717, 1.165) is 37.2 Å². The summed E-state index contributed by atoms with van der Waals surface area (Å²) in [7, 11) is 0. The number of rotatable bonds is 2. The van der Waals surface area contributed by atoms with Gasteiger partial charge in [-0.15, -0.1) is 0 Å². The van der Waals surface area contributed by atoms with Gasteiger partial charge in [0, 0.05) is 18.3 Å². The molecule has 0 spiro atoms. The van der Waals surface area contributed by atoms with Crippen LogP contribution in [0.4, 0.5) is 18.9 Å². The van der Waals surface area contributed by atoms with Gasteiger partial charge in [0.2, 0.25) is 0 Å². The predicted molar refractivity (Wildman–Crippen MR) is 70.0 cm³/mol. The van der Waals surface area contributed by atoms with E-state index in [0.29, 0.717) is 18.5 Å². The van der Waals surface area contributed by atoms with E-state index in [4.69, 9.17) is 5.73 Å². The molecule has 19 heavy (non-hydrogen) atoms. The van der Waals surface area contributed by atoms with Crippen molar-refractivity contribution in [1.29, 1.82) is 0 Å². The fraction of sp³-hybridized carbons (Fsp3) is 0.571. The zero-order valence-corrected chi connectivity index (χ0v) is 11.0. The smallest absolute Gasteiger partial charge is 0.369 e. The molecule has 5 heteroatoms. The van der Waals surface area contributed by atoms with E-state index < -0.39 is 11.7 Å². The van der Waals surface area contributed by atoms with E-state index in [-0.39, 0.29) is 0 Å². The lowest BCUT2D eigenvalue weighted by Gasteiger charge is -2.39. The van der Waals surface area contributed by atoms with E-state index >= 15 is 0 Å². The Morgan fingerprint density at radius 3 is 2.37 bits per heavy atom. The Labute approximate surface area is 111 Å². The van der Waals surface area contributed by atoms with Crippen molar-refractivity contribution in [2.45, 2.75) is 32.0 Å². The highest BCUT2D eigenvalue weighted by Gasteiger charge is 2.31. The molecule has 2 unspecified atom stereocenters. The Hall–Kier alpha value is -1.23. The van der Waals surface area contributed by atoms with Gasteiger partial charge in [0.15, 0.2) is 0 Å². The maximum atomic E-state index is 12.5. The third kappa shape index (κ3) is 3.21. The van der Waals surface area contributed by atoms with Gasteiger partial charge in [0.1, 0.15) is 0 Å². The number of nitrogens with two attached hydrogens (primary N) is 1. The lowest BCUT2D eigenvalue weighted by Crippen LogP contribution is -2.43. The summed E-state index contributed by atoms with van der Waals surface area (Å²) < 4.78 is 37.6. The molecule has 0 amide bonds. The molecular weight excluding hydrogens is 253 g/mol. The molecule has 1 aromatic rings. The first kappa shape index (κ1) is 14.2. The SMILES string of the molecule is CC1CCC(CN)CN1c1ccc(C(F)(F)F)cc1. The Bertz CT molecular complexity index is 414.